The van der Waals surface area contributed by atoms with E-state index in [0.717, 1.165) is 12.8 Å². The maximum absolute atomic E-state index is 10.9. The minimum Gasteiger partial charge on any atom is -0.213 e. The molecule has 0 aliphatic rings. The van der Waals surface area contributed by atoms with E-state index in [-0.39, 0.29) is 0 Å². The Morgan fingerprint density at radius 1 is 1.17 bits per heavy atom. The van der Waals surface area contributed by atoms with Crippen molar-refractivity contribution in [3.8, 4) is 0 Å². The second-order valence-corrected chi connectivity index (χ2v) is 5.23. The Kier molecular flexibility index (Phi) is 5.50. The molecule has 0 N–H and O–H groups in total. The molecule has 0 aliphatic heterocycles. The summed E-state index contributed by atoms with van der Waals surface area (Å²) in [5.74, 6) is 0. The van der Waals surface area contributed by atoms with E-state index in [9.17, 15) is 8.42 Å². The van der Waals surface area contributed by atoms with Gasteiger partial charge >= 0.3 is 0 Å². The lowest BCUT2D eigenvalue weighted by Crippen LogP contribution is -2.26. The average molecular weight is 193 g/mol. The largest absolute Gasteiger partial charge is 0.213 e. The Labute approximate surface area is 75.8 Å². The molecule has 74 valence electrons. The molecule has 0 rings (SSSR count). The van der Waals surface area contributed by atoms with Crippen LogP contribution in [0.1, 0.15) is 32.6 Å². The van der Waals surface area contributed by atoms with Crippen molar-refractivity contribution in [2.75, 3.05) is 19.8 Å². The van der Waals surface area contributed by atoms with E-state index >= 15 is 0 Å². The van der Waals surface area contributed by atoms with Gasteiger partial charge in [-0.3, -0.25) is 0 Å². The van der Waals surface area contributed by atoms with Gasteiger partial charge in [-0.15, -0.1) is 0 Å². The van der Waals surface area contributed by atoms with Gasteiger partial charge in [0, 0.05) is 13.6 Å². The van der Waals surface area contributed by atoms with Gasteiger partial charge < -0.3 is 0 Å². The molecule has 0 bridgehead atoms. The molecular weight excluding hydrogens is 174 g/mol. The Morgan fingerprint density at radius 3 is 2.17 bits per heavy atom. The van der Waals surface area contributed by atoms with Crippen molar-refractivity contribution in [3.63, 3.8) is 0 Å². The summed E-state index contributed by atoms with van der Waals surface area (Å²) < 4.78 is 23.2. The first-order valence-corrected chi connectivity index (χ1v) is 6.24. The van der Waals surface area contributed by atoms with Gasteiger partial charge in [-0.2, -0.15) is 0 Å². The third kappa shape index (κ3) is 5.55. The molecular formula is C8H19NO2S. The van der Waals surface area contributed by atoms with E-state index in [1.54, 1.807) is 7.05 Å². The molecule has 0 aromatic rings. The van der Waals surface area contributed by atoms with Crippen molar-refractivity contribution in [2.24, 2.45) is 0 Å². The molecule has 0 aromatic heterocycles. The second kappa shape index (κ2) is 5.54. The monoisotopic (exact) mass is 193 g/mol. The number of nitrogens with zero attached hydrogens (tertiary/aromatic N) is 1. The van der Waals surface area contributed by atoms with E-state index in [4.69, 9.17) is 0 Å². The molecule has 0 radical (unpaired) electrons. The normalized spacial score (nSPS) is 12.3. The van der Waals surface area contributed by atoms with Crippen LogP contribution in [0, 0.1) is 0 Å². The summed E-state index contributed by atoms with van der Waals surface area (Å²) in [6.07, 6.45) is 5.71. The first-order valence-electron chi connectivity index (χ1n) is 4.39. The maximum atomic E-state index is 10.9. The van der Waals surface area contributed by atoms with Crippen LogP contribution in [-0.4, -0.2) is 32.6 Å². The predicted octanol–water partition coefficient (Wildman–Crippen LogP) is 1.46. The Hall–Kier alpha value is -0.0900. The zero-order valence-corrected chi connectivity index (χ0v) is 9.02. The number of hydrogen-bond donors (Lipinski definition) is 0. The van der Waals surface area contributed by atoms with Crippen molar-refractivity contribution in [1.29, 1.82) is 0 Å². The number of sulfonamides is 1. The SMILES string of the molecule is CCCCCCN(C)S(C)(=O)=O. The smallest absolute Gasteiger partial charge is 0.210 e. The van der Waals surface area contributed by atoms with Gasteiger partial charge in [0.1, 0.15) is 0 Å². The van der Waals surface area contributed by atoms with Crippen LogP contribution in [-0.2, 0) is 10.0 Å². The molecule has 0 atom stereocenters. The summed E-state index contributed by atoms with van der Waals surface area (Å²) in [5, 5.41) is 0. The highest BCUT2D eigenvalue weighted by molar-refractivity contribution is 7.88. The molecule has 12 heavy (non-hydrogen) atoms. The highest BCUT2D eigenvalue weighted by Gasteiger charge is 2.08. The Bertz CT molecular complexity index is 199. The highest BCUT2D eigenvalue weighted by Crippen LogP contribution is 2.02. The molecule has 0 spiro atoms. The average Bonchev–Trinajstić information content (AvgIpc) is 1.96. The van der Waals surface area contributed by atoms with E-state index in [2.05, 4.69) is 6.92 Å². The van der Waals surface area contributed by atoms with E-state index in [0.29, 0.717) is 6.54 Å². The van der Waals surface area contributed by atoms with Crippen LogP contribution in [0.3, 0.4) is 0 Å². The lowest BCUT2D eigenvalue weighted by Gasteiger charge is -2.12. The zero-order chi connectivity index (χ0) is 9.61. The highest BCUT2D eigenvalue weighted by atomic mass is 32.2. The maximum Gasteiger partial charge on any atom is 0.210 e. The molecule has 0 aliphatic carbocycles. The van der Waals surface area contributed by atoms with Gasteiger partial charge in [-0.25, -0.2) is 12.7 Å². The van der Waals surface area contributed by atoms with E-state index in [1.165, 1.54) is 23.4 Å². The van der Waals surface area contributed by atoms with Crippen molar-refractivity contribution >= 4 is 10.0 Å². The number of hydrogen-bond acceptors (Lipinski definition) is 2. The van der Waals surface area contributed by atoms with E-state index < -0.39 is 10.0 Å². The third-order valence-electron chi connectivity index (χ3n) is 1.89. The second-order valence-electron chi connectivity index (χ2n) is 3.15. The topological polar surface area (TPSA) is 37.4 Å². The van der Waals surface area contributed by atoms with Gasteiger partial charge in [0.05, 0.1) is 6.26 Å². The number of rotatable bonds is 6. The molecule has 0 unspecified atom stereocenters. The number of unbranched alkanes of at least 4 members (excludes halogenated alkanes) is 3. The minimum atomic E-state index is -2.96. The summed E-state index contributed by atoms with van der Waals surface area (Å²) in [6.45, 7) is 2.79. The van der Waals surface area contributed by atoms with Gasteiger partial charge in [0.2, 0.25) is 10.0 Å². The van der Waals surface area contributed by atoms with Gasteiger partial charge in [-0.05, 0) is 6.42 Å². The van der Waals surface area contributed by atoms with Crippen LogP contribution in [0.2, 0.25) is 0 Å². The molecule has 0 fully saturated rings. The lowest BCUT2D eigenvalue weighted by atomic mass is 10.2. The quantitative estimate of drug-likeness (QED) is 0.599. The molecule has 3 nitrogen and oxygen atoms in total. The van der Waals surface area contributed by atoms with Crippen LogP contribution >= 0.6 is 0 Å². The fraction of sp³-hybridized carbons (Fsp3) is 1.00. The van der Waals surface area contributed by atoms with Crippen LogP contribution in [0.25, 0.3) is 0 Å². The van der Waals surface area contributed by atoms with Crippen LogP contribution in [0.5, 0.6) is 0 Å². The van der Waals surface area contributed by atoms with Crippen LogP contribution in [0.4, 0.5) is 0 Å². The molecule has 0 amide bonds. The summed E-state index contributed by atoms with van der Waals surface area (Å²) >= 11 is 0. The summed E-state index contributed by atoms with van der Waals surface area (Å²) in [6, 6.07) is 0. The molecule has 0 saturated carbocycles. The molecule has 0 saturated heterocycles. The lowest BCUT2D eigenvalue weighted by molar-refractivity contribution is 0.456. The van der Waals surface area contributed by atoms with Crippen molar-refractivity contribution in [2.45, 2.75) is 32.6 Å². The Balaban J connectivity index is 3.52. The molecule has 0 heterocycles. The van der Waals surface area contributed by atoms with Crippen molar-refractivity contribution in [1.82, 2.24) is 4.31 Å². The van der Waals surface area contributed by atoms with Gasteiger partial charge in [0.15, 0.2) is 0 Å². The Morgan fingerprint density at radius 2 is 1.75 bits per heavy atom. The summed E-state index contributed by atoms with van der Waals surface area (Å²) in [7, 11) is -1.33. The summed E-state index contributed by atoms with van der Waals surface area (Å²) in [5.41, 5.74) is 0. The minimum absolute atomic E-state index is 0.652. The van der Waals surface area contributed by atoms with E-state index in [1.807, 2.05) is 0 Å². The van der Waals surface area contributed by atoms with Crippen LogP contribution < -0.4 is 0 Å². The fourth-order valence-electron chi connectivity index (χ4n) is 0.927. The van der Waals surface area contributed by atoms with Crippen molar-refractivity contribution in [3.05, 3.63) is 0 Å². The van der Waals surface area contributed by atoms with Crippen LogP contribution in [0.15, 0.2) is 0 Å². The standard InChI is InChI=1S/C8H19NO2S/c1-4-5-6-7-8-9(2)12(3,10)11/h4-8H2,1-3H3. The molecule has 4 heteroatoms. The van der Waals surface area contributed by atoms with Gasteiger partial charge in [-0.1, -0.05) is 26.2 Å². The van der Waals surface area contributed by atoms with Gasteiger partial charge in [0.25, 0.3) is 0 Å². The summed E-state index contributed by atoms with van der Waals surface area (Å²) in [4.78, 5) is 0. The predicted molar refractivity (Wildman–Crippen MR) is 51.6 cm³/mol. The third-order valence-corrected chi connectivity index (χ3v) is 3.21. The first kappa shape index (κ1) is 11.9. The fourth-order valence-corrected chi connectivity index (χ4v) is 1.39. The van der Waals surface area contributed by atoms with Crippen molar-refractivity contribution < 1.29 is 8.42 Å². The molecule has 0 aromatic carbocycles. The zero-order valence-electron chi connectivity index (χ0n) is 8.21. The first-order chi connectivity index (χ1) is 5.48.